The number of nitrogens with one attached hydrogen (secondary N) is 1. The van der Waals surface area contributed by atoms with Crippen LogP contribution in [-0.4, -0.2) is 49.0 Å². The Morgan fingerprint density at radius 2 is 1.45 bits per heavy atom. The van der Waals surface area contributed by atoms with Crippen LogP contribution in [0.25, 0.3) is 0 Å². The Hall–Kier alpha value is -3.70. The number of anilines is 1. The molecular formula is C38H48BrN3O6S. The van der Waals surface area contributed by atoms with E-state index in [2.05, 4.69) is 33.2 Å². The van der Waals surface area contributed by atoms with Crippen LogP contribution in [0.3, 0.4) is 0 Å². The molecule has 0 radical (unpaired) electrons. The summed E-state index contributed by atoms with van der Waals surface area (Å²) in [6.07, 6.45) is 14.7. The van der Waals surface area contributed by atoms with Gasteiger partial charge in [0.25, 0.3) is 10.0 Å². The molecule has 1 amide bonds. The number of amides is 1. The fourth-order valence-corrected chi connectivity index (χ4v) is 7.90. The van der Waals surface area contributed by atoms with E-state index in [-0.39, 0.29) is 34.2 Å². The average Bonchev–Trinajstić information content (AvgIpc) is 3.11. The van der Waals surface area contributed by atoms with Crippen molar-refractivity contribution < 1.29 is 27.5 Å². The maximum atomic E-state index is 13.8. The molecule has 264 valence electrons. The van der Waals surface area contributed by atoms with E-state index < -0.39 is 26.7 Å². The fraction of sp³-hybridized carbons (Fsp3) is 0.447. The molecule has 0 spiro atoms. The Bertz CT molecular complexity index is 1660. The average molecular weight is 755 g/mol. The third-order valence-corrected chi connectivity index (χ3v) is 11.1. The number of ether oxygens (including phenoxy) is 2. The van der Waals surface area contributed by atoms with Crippen molar-refractivity contribution in [1.29, 1.82) is 0 Å². The van der Waals surface area contributed by atoms with Crippen LogP contribution in [0.2, 0.25) is 0 Å². The fourth-order valence-electron chi connectivity index (χ4n) is 5.72. The summed E-state index contributed by atoms with van der Waals surface area (Å²) < 4.78 is 39.7. The van der Waals surface area contributed by atoms with Gasteiger partial charge in [-0.05, 0) is 42.3 Å². The zero-order valence-electron chi connectivity index (χ0n) is 28.5. The quantitative estimate of drug-likeness (QED) is 0.0699. The Balaban J connectivity index is 1.34. The maximum Gasteiger partial charge on any atom is 0.338 e. The van der Waals surface area contributed by atoms with Gasteiger partial charge in [-0.3, -0.25) is 4.79 Å². The third-order valence-electron chi connectivity index (χ3n) is 8.47. The van der Waals surface area contributed by atoms with Gasteiger partial charge in [0, 0.05) is 0 Å². The van der Waals surface area contributed by atoms with Crippen molar-refractivity contribution in [2.75, 3.05) is 19.0 Å². The largest absolute Gasteiger partial charge is 0.495 e. The standard InChI is InChI=1S/C38H48BrN3O6S/c1-3-4-5-6-7-8-9-10-11-12-13-19-26-48-38(44)30-24-25-33(47-2)32(27-30)41-37(43)35(39)36-40-31-22-17-18-23-34(31)49(45,46)42(36)28-29-20-15-14-16-21-29/h14-18,20-25,27,35H,3-13,19,26,28H2,1-2H3,(H,41,43). The number of fused-ring (bicyclic) bond motifs is 1. The number of aliphatic imine (C=N–C) groups is 1. The van der Waals surface area contributed by atoms with Gasteiger partial charge in [0.2, 0.25) is 5.91 Å². The van der Waals surface area contributed by atoms with Crippen LogP contribution in [0.4, 0.5) is 11.4 Å². The molecule has 0 saturated heterocycles. The van der Waals surface area contributed by atoms with Gasteiger partial charge in [-0.25, -0.2) is 22.5 Å². The van der Waals surface area contributed by atoms with Gasteiger partial charge in [0.05, 0.1) is 37.2 Å². The first-order valence-corrected chi connectivity index (χ1v) is 19.7. The zero-order chi connectivity index (χ0) is 35.1. The highest BCUT2D eigenvalue weighted by atomic mass is 79.9. The number of unbranched alkanes of at least 4 members (excludes halogenated alkanes) is 11. The van der Waals surface area contributed by atoms with Crippen molar-refractivity contribution in [2.45, 2.75) is 100 Å². The minimum Gasteiger partial charge on any atom is -0.495 e. The molecule has 4 rings (SSSR count). The van der Waals surface area contributed by atoms with Crippen LogP contribution >= 0.6 is 15.9 Å². The number of rotatable bonds is 20. The maximum absolute atomic E-state index is 13.8. The molecule has 0 fully saturated rings. The summed E-state index contributed by atoms with van der Waals surface area (Å²) in [6, 6.07) is 20.2. The number of halogens is 1. The number of benzene rings is 3. The van der Waals surface area contributed by atoms with Crippen LogP contribution in [0.1, 0.15) is 99.9 Å². The van der Waals surface area contributed by atoms with E-state index in [9.17, 15) is 18.0 Å². The van der Waals surface area contributed by atoms with Gasteiger partial charge in [-0.2, -0.15) is 0 Å². The first-order valence-electron chi connectivity index (χ1n) is 17.3. The highest BCUT2D eigenvalue weighted by Gasteiger charge is 2.39. The lowest BCUT2D eigenvalue weighted by atomic mass is 10.1. The van der Waals surface area contributed by atoms with E-state index in [1.165, 1.54) is 77.0 Å². The van der Waals surface area contributed by atoms with Gasteiger partial charge in [-0.15, -0.1) is 0 Å². The lowest BCUT2D eigenvalue weighted by Crippen LogP contribution is -2.46. The number of amidine groups is 1. The zero-order valence-corrected chi connectivity index (χ0v) is 30.9. The summed E-state index contributed by atoms with van der Waals surface area (Å²) in [6.45, 7) is 2.54. The second-order valence-electron chi connectivity index (χ2n) is 12.2. The molecule has 3 aromatic rings. The van der Waals surface area contributed by atoms with Gasteiger partial charge < -0.3 is 14.8 Å². The molecule has 0 saturated carbocycles. The van der Waals surface area contributed by atoms with E-state index in [1.807, 2.05) is 30.3 Å². The Morgan fingerprint density at radius 3 is 2.10 bits per heavy atom. The summed E-state index contributed by atoms with van der Waals surface area (Å²) in [7, 11) is -2.57. The third kappa shape index (κ3) is 10.9. The number of carbonyl (C=O) groups excluding carboxylic acids is 2. The highest BCUT2D eigenvalue weighted by Crippen LogP contribution is 2.35. The minimum absolute atomic E-state index is 0.0111. The molecular weight excluding hydrogens is 706 g/mol. The molecule has 1 N–H and O–H groups in total. The van der Waals surface area contributed by atoms with Crippen molar-refractivity contribution in [3.05, 3.63) is 83.9 Å². The number of hydrogen-bond acceptors (Lipinski definition) is 7. The number of esters is 1. The molecule has 1 aliphatic heterocycles. The predicted molar refractivity (Wildman–Crippen MR) is 198 cm³/mol. The number of methoxy groups -OCH3 is 1. The summed E-state index contributed by atoms with van der Waals surface area (Å²) in [5.41, 5.74) is 1.48. The molecule has 49 heavy (non-hydrogen) atoms. The van der Waals surface area contributed by atoms with Crippen molar-refractivity contribution >= 4 is 55.0 Å². The molecule has 1 atom stereocenters. The SMILES string of the molecule is CCCCCCCCCCCCCCOC(=O)c1ccc(OC)c(NC(=O)C(Br)C2=Nc3ccccc3S(=O)(=O)N2Cc2ccccc2)c1. The smallest absolute Gasteiger partial charge is 0.338 e. The molecule has 9 nitrogen and oxygen atoms in total. The van der Waals surface area contributed by atoms with E-state index in [0.29, 0.717) is 12.4 Å². The van der Waals surface area contributed by atoms with Crippen LogP contribution < -0.4 is 10.1 Å². The Morgan fingerprint density at radius 1 is 0.837 bits per heavy atom. The predicted octanol–water partition coefficient (Wildman–Crippen LogP) is 9.19. The number of hydrogen-bond donors (Lipinski definition) is 1. The molecule has 0 aliphatic carbocycles. The molecule has 3 aromatic carbocycles. The van der Waals surface area contributed by atoms with Crippen molar-refractivity contribution in [1.82, 2.24) is 4.31 Å². The van der Waals surface area contributed by atoms with Crippen molar-refractivity contribution in [2.24, 2.45) is 4.99 Å². The molecule has 1 aliphatic rings. The number of carbonyl (C=O) groups is 2. The monoisotopic (exact) mass is 753 g/mol. The lowest BCUT2D eigenvalue weighted by Gasteiger charge is -2.31. The number of nitrogens with zero attached hydrogens (tertiary/aromatic N) is 2. The van der Waals surface area contributed by atoms with Gasteiger partial charge in [-0.1, -0.05) is 136 Å². The van der Waals surface area contributed by atoms with Crippen molar-refractivity contribution in [3.8, 4) is 5.75 Å². The van der Waals surface area contributed by atoms with Gasteiger partial charge >= 0.3 is 5.97 Å². The second kappa shape index (κ2) is 19.5. The summed E-state index contributed by atoms with van der Waals surface area (Å²) in [5, 5.41) is 2.79. The van der Waals surface area contributed by atoms with Crippen LogP contribution in [0.15, 0.2) is 82.7 Å². The Labute approximate surface area is 299 Å². The van der Waals surface area contributed by atoms with E-state index in [0.717, 1.165) is 29.1 Å². The van der Waals surface area contributed by atoms with E-state index in [1.54, 1.807) is 30.3 Å². The summed E-state index contributed by atoms with van der Waals surface area (Å²) in [4.78, 5) is 30.1. The van der Waals surface area contributed by atoms with Gasteiger partial charge in [0.15, 0.2) is 4.83 Å². The summed E-state index contributed by atoms with van der Waals surface area (Å²) in [5.74, 6) is -0.746. The van der Waals surface area contributed by atoms with Crippen LogP contribution in [-0.2, 0) is 26.1 Å². The van der Waals surface area contributed by atoms with E-state index >= 15 is 0 Å². The molecule has 11 heteroatoms. The molecule has 0 bridgehead atoms. The number of para-hydroxylation sites is 1. The molecule has 0 aromatic heterocycles. The van der Waals surface area contributed by atoms with Gasteiger partial charge in [0.1, 0.15) is 16.5 Å². The van der Waals surface area contributed by atoms with Crippen molar-refractivity contribution in [3.63, 3.8) is 0 Å². The highest BCUT2D eigenvalue weighted by molar-refractivity contribution is 9.10. The molecule has 1 unspecified atom stereocenters. The number of sulfonamides is 1. The topological polar surface area (TPSA) is 114 Å². The normalized spacial score (nSPS) is 14.0. The Kier molecular flexibility index (Phi) is 15.1. The number of alkyl halides is 1. The minimum atomic E-state index is -4.03. The van der Waals surface area contributed by atoms with E-state index in [4.69, 9.17) is 9.47 Å². The first kappa shape index (κ1) is 38.1. The van der Waals surface area contributed by atoms with Crippen LogP contribution in [0, 0.1) is 0 Å². The van der Waals surface area contributed by atoms with Crippen LogP contribution in [0.5, 0.6) is 5.75 Å². The molecule has 1 heterocycles. The lowest BCUT2D eigenvalue weighted by molar-refractivity contribution is -0.114. The second-order valence-corrected chi connectivity index (χ2v) is 15.0. The summed E-state index contributed by atoms with van der Waals surface area (Å²) >= 11 is 3.42. The first-order chi connectivity index (χ1) is 23.8.